The average Bonchev–Trinajstić information content (AvgIpc) is 2.75. The average molecular weight is 434 g/mol. The number of hydrogen-bond acceptors (Lipinski definition) is 5. The van der Waals surface area contributed by atoms with Gasteiger partial charge in [0, 0.05) is 19.0 Å². The number of pyridine rings is 1. The Bertz CT molecular complexity index is 1060. The maximum Gasteiger partial charge on any atom is 0.321 e. The summed E-state index contributed by atoms with van der Waals surface area (Å²) in [6, 6.07) is 9.05. The van der Waals surface area contributed by atoms with E-state index in [9.17, 15) is 17.6 Å². The number of sulfone groups is 1. The van der Waals surface area contributed by atoms with Gasteiger partial charge in [0.1, 0.15) is 0 Å². The van der Waals surface area contributed by atoms with E-state index in [1.807, 2.05) is 6.07 Å². The van der Waals surface area contributed by atoms with Crippen LogP contribution in [0.2, 0.25) is 0 Å². The number of carbonyl (C=O) groups excluding carboxylic acids is 1. The molecular weight excluding hydrogens is 414 g/mol. The van der Waals surface area contributed by atoms with Crippen LogP contribution in [0, 0.1) is 23.2 Å². The third-order valence-electron chi connectivity index (χ3n) is 5.31. The predicted octanol–water partition coefficient (Wildman–Crippen LogP) is 3.50. The Kier molecular flexibility index (Phi) is 6.03. The molecule has 2 heterocycles. The number of rotatable bonds is 4. The minimum absolute atomic E-state index is 0.164. The van der Waals surface area contributed by atoms with Gasteiger partial charge in [-0.2, -0.15) is 9.65 Å². The van der Waals surface area contributed by atoms with Gasteiger partial charge >= 0.3 is 6.03 Å². The molecule has 3 rings (SSSR count). The summed E-state index contributed by atoms with van der Waals surface area (Å²) in [6.45, 7) is 1.40. The summed E-state index contributed by atoms with van der Waals surface area (Å²) in [5.41, 5.74) is 0.604. The van der Waals surface area contributed by atoms with Crippen molar-refractivity contribution in [2.24, 2.45) is 5.92 Å². The van der Waals surface area contributed by atoms with Gasteiger partial charge in [-0.3, -0.25) is 0 Å². The lowest BCUT2D eigenvalue weighted by atomic mass is 9.92. The second-order valence-electron chi connectivity index (χ2n) is 7.19. The van der Waals surface area contributed by atoms with E-state index >= 15 is 4.39 Å². The number of nitriles is 1. The zero-order valence-electron chi connectivity index (χ0n) is 16.2. The van der Waals surface area contributed by atoms with Crippen LogP contribution in [-0.4, -0.2) is 42.4 Å². The highest BCUT2D eigenvalue weighted by molar-refractivity contribution is 7.92. The van der Waals surface area contributed by atoms with E-state index < -0.39 is 32.7 Å². The molecule has 0 spiro atoms. The van der Waals surface area contributed by atoms with Crippen LogP contribution in [0.15, 0.2) is 47.5 Å². The zero-order chi connectivity index (χ0) is 21.9. The molecule has 7 nitrogen and oxygen atoms in total. The van der Waals surface area contributed by atoms with Gasteiger partial charge in [-0.05, 0) is 56.2 Å². The van der Waals surface area contributed by atoms with Gasteiger partial charge in [0.25, 0.3) is 0 Å². The van der Waals surface area contributed by atoms with E-state index in [4.69, 9.17) is 5.26 Å². The number of nitrogens with zero attached hydrogens (tertiary/aromatic N) is 3. The molecule has 30 heavy (non-hydrogen) atoms. The molecule has 0 bridgehead atoms. The fourth-order valence-electron chi connectivity index (χ4n) is 3.41. The molecular formula is C20H20F2N4O3S. The van der Waals surface area contributed by atoms with Gasteiger partial charge in [0.05, 0.1) is 28.4 Å². The van der Waals surface area contributed by atoms with Crippen molar-refractivity contribution < 1.29 is 22.0 Å². The maximum absolute atomic E-state index is 15.5. The number of urea groups is 1. The Morgan fingerprint density at radius 3 is 2.40 bits per heavy atom. The van der Waals surface area contributed by atoms with Gasteiger partial charge in [0.15, 0.2) is 0 Å². The quantitative estimate of drug-likeness (QED) is 0.742. The topological polar surface area (TPSA) is 103 Å². The molecule has 1 unspecified atom stereocenters. The van der Waals surface area contributed by atoms with Crippen LogP contribution >= 0.6 is 0 Å². The molecule has 1 saturated heterocycles. The largest absolute Gasteiger partial charge is 0.325 e. The monoisotopic (exact) mass is 434 g/mol. The predicted molar refractivity (Wildman–Crippen MR) is 105 cm³/mol. The molecule has 0 aliphatic carbocycles. The van der Waals surface area contributed by atoms with E-state index in [2.05, 4.69) is 10.3 Å². The highest BCUT2D eigenvalue weighted by atomic mass is 32.2. The number of carbonyl (C=O) groups is 1. The standard InChI is InChI=1S/C20H20F2N4O3S/c1-20(22,30(28,29)17-5-2-14(12-23)3-6-17)15-8-10-26(11-9-15)19(27)25-16-4-7-18(21)24-13-16/h2-7,13,15H,8-11H2,1H3,(H,25,27). The number of alkyl halides is 1. The number of hydrogen-bond donors (Lipinski definition) is 1. The molecule has 1 aromatic carbocycles. The first kappa shape index (κ1) is 21.6. The Hall–Kier alpha value is -3.06. The van der Waals surface area contributed by atoms with E-state index in [1.54, 1.807) is 0 Å². The van der Waals surface area contributed by atoms with Gasteiger partial charge in [-0.25, -0.2) is 22.6 Å². The molecule has 2 aromatic rings. The van der Waals surface area contributed by atoms with Crippen molar-refractivity contribution in [2.75, 3.05) is 18.4 Å². The van der Waals surface area contributed by atoms with E-state index in [1.165, 1.54) is 41.4 Å². The van der Waals surface area contributed by atoms with Gasteiger partial charge in [-0.15, -0.1) is 0 Å². The molecule has 1 aliphatic rings. The molecule has 1 N–H and O–H groups in total. The highest BCUT2D eigenvalue weighted by Crippen LogP contribution is 2.39. The van der Waals surface area contributed by atoms with Crippen LogP contribution in [0.5, 0.6) is 0 Å². The van der Waals surface area contributed by atoms with Gasteiger partial charge in [0.2, 0.25) is 20.8 Å². The van der Waals surface area contributed by atoms with Crippen LogP contribution in [-0.2, 0) is 9.84 Å². The first-order valence-corrected chi connectivity index (χ1v) is 10.7. The van der Waals surface area contributed by atoms with Crippen molar-refractivity contribution >= 4 is 21.6 Å². The summed E-state index contributed by atoms with van der Waals surface area (Å²) in [6.07, 6.45) is 1.51. The lowest BCUT2D eigenvalue weighted by Crippen LogP contribution is -2.48. The SMILES string of the molecule is CC(F)(C1CCN(C(=O)Nc2ccc(F)nc2)CC1)S(=O)(=O)c1ccc(C#N)cc1. The molecule has 1 aliphatic heterocycles. The third kappa shape index (κ3) is 4.26. The van der Waals surface area contributed by atoms with Crippen LogP contribution in [0.25, 0.3) is 0 Å². The van der Waals surface area contributed by atoms with Crippen molar-refractivity contribution in [1.29, 1.82) is 5.26 Å². The normalized spacial score (nSPS) is 17.1. The second kappa shape index (κ2) is 8.36. The molecule has 158 valence electrons. The molecule has 2 amide bonds. The van der Waals surface area contributed by atoms with Crippen LogP contribution in [0.4, 0.5) is 19.3 Å². The number of likely N-dealkylation sites (tertiary alicyclic amines) is 1. The summed E-state index contributed by atoms with van der Waals surface area (Å²) in [5, 5.41) is 8.89. The van der Waals surface area contributed by atoms with Crippen molar-refractivity contribution in [3.8, 4) is 6.07 Å². The molecule has 10 heteroatoms. The number of piperidine rings is 1. The fraction of sp³-hybridized carbons (Fsp3) is 0.350. The number of anilines is 1. The highest BCUT2D eigenvalue weighted by Gasteiger charge is 2.48. The molecule has 0 saturated carbocycles. The number of benzene rings is 1. The van der Waals surface area contributed by atoms with Crippen LogP contribution in [0.1, 0.15) is 25.3 Å². The summed E-state index contributed by atoms with van der Waals surface area (Å²) < 4.78 is 54.1. The number of aromatic nitrogens is 1. The Labute approximate surface area is 173 Å². The first-order chi connectivity index (χ1) is 14.1. The number of nitrogens with one attached hydrogen (secondary N) is 1. The van der Waals surface area contributed by atoms with Crippen molar-refractivity contribution in [1.82, 2.24) is 9.88 Å². The lowest BCUT2D eigenvalue weighted by molar-refractivity contribution is 0.117. The van der Waals surface area contributed by atoms with Crippen molar-refractivity contribution in [3.63, 3.8) is 0 Å². The Morgan fingerprint density at radius 1 is 1.23 bits per heavy atom. The Balaban J connectivity index is 1.65. The smallest absolute Gasteiger partial charge is 0.321 e. The van der Waals surface area contributed by atoms with Gasteiger partial charge in [-0.1, -0.05) is 0 Å². The van der Waals surface area contributed by atoms with Crippen molar-refractivity contribution in [2.45, 2.75) is 29.7 Å². The number of halogens is 2. The third-order valence-corrected chi connectivity index (χ3v) is 7.59. The minimum atomic E-state index is -4.29. The molecule has 0 radical (unpaired) electrons. The Morgan fingerprint density at radius 2 is 1.87 bits per heavy atom. The van der Waals surface area contributed by atoms with E-state index in [0.29, 0.717) is 5.69 Å². The minimum Gasteiger partial charge on any atom is -0.325 e. The summed E-state index contributed by atoms with van der Waals surface area (Å²) in [5.74, 6) is -1.46. The molecule has 1 aromatic heterocycles. The lowest BCUT2D eigenvalue weighted by Gasteiger charge is -2.37. The van der Waals surface area contributed by atoms with E-state index in [0.717, 1.165) is 13.0 Å². The van der Waals surface area contributed by atoms with Gasteiger partial charge < -0.3 is 10.2 Å². The van der Waals surface area contributed by atoms with Crippen LogP contribution in [0.3, 0.4) is 0 Å². The second-order valence-corrected chi connectivity index (χ2v) is 9.46. The summed E-state index contributed by atoms with van der Waals surface area (Å²) >= 11 is 0. The summed E-state index contributed by atoms with van der Waals surface area (Å²) in [4.78, 5) is 17.1. The zero-order valence-corrected chi connectivity index (χ0v) is 17.0. The molecule has 1 fully saturated rings. The fourth-order valence-corrected chi connectivity index (χ4v) is 5.04. The van der Waals surface area contributed by atoms with Crippen LogP contribution < -0.4 is 5.32 Å². The van der Waals surface area contributed by atoms with E-state index in [-0.39, 0.29) is 36.4 Å². The van der Waals surface area contributed by atoms with Crippen molar-refractivity contribution in [3.05, 3.63) is 54.1 Å². The maximum atomic E-state index is 15.5. The number of amides is 2. The molecule has 1 atom stereocenters. The first-order valence-electron chi connectivity index (χ1n) is 9.26. The summed E-state index contributed by atoms with van der Waals surface area (Å²) in [7, 11) is -4.29.